The molecule has 0 saturated heterocycles. The molecule has 0 heterocycles. The molecule has 0 spiro atoms. The van der Waals surface area contributed by atoms with Crippen molar-refractivity contribution in [1.29, 1.82) is 0 Å². The molecule has 0 aliphatic rings. The lowest BCUT2D eigenvalue weighted by Crippen LogP contribution is -2.54. The number of carboxylic acid groups (broad SMARTS) is 3. The van der Waals surface area contributed by atoms with Crippen LogP contribution >= 0.6 is 11.8 Å². The Kier molecular flexibility index (Phi) is 32.7. The lowest BCUT2D eigenvalue weighted by atomic mass is 10.0. The van der Waals surface area contributed by atoms with Crippen molar-refractivity contribution in [3.63, 3.8) is 0 Å². The van der Waals surface area contributed by atoms with E-state index in [4.69, 9.17) is 25.4 Å². The Balaban J connectivity index is 4.91. The van der Waals surface area contributed by atoms with Crippen LogP contribution in [0.25, 0.3) is 0 Å². The van der Waals surface area contributed by atoms with Crippen LogP contribution in [0.4, 0.5) is 0 Å². The molecule has 0 aliphatic heterocycles. The Labute approximate surface area is 347 Å². The highest BCUT2D eigenvalue weighted by atomic mass is 32.2. The molecule has 0 rings (SSSR count). The van der Waals surface area contributed by atoms with Gasteiger partial charge >= 0.3 is 29.8 Å². The molecule has 0 fully saturated rings. The molecule has 58 heavy (non-hydrogen) atoms. The first kappa shape index (κ1) is 54.1. The quantitative estimate of drug-likeness (QED) is 0.0334. The molecule has 3 amide bonds. The number of esters is 2. The third-order valence-corrected chi connectivity index (χ3v) is 10.3. The summed E-state index contributed by atoms with van der Waals surface area (Å²) in [5.41, 5.74) is 6.02. The molecule has 0 unspecified atom stereocenters. The van der Waals surface area contributed by atoms with Gasteiger partial charge in [-0.1, -0.05) is 104 Å². The van der Waals surface area contributed by atoms with E-state index in [2.05, 4.69) is 22.9 Å². The average molecular weight is 847 g/mol. The van der Waals surface area contributed by atoms with Gasteiger partial charge in [0.05, 0.1) is 12.6 Å². The van der Waals surface area contributed by atoms with Crippen LogP contribution in [0.5, 0.6) is 0 Å². The number of hydrogen-bond donors (Lipinski definition) is 7. The summed E-state index contributed by atoms with van der Waals surface area (Å²) in [7, 11) is 0. The summed E-state index contributed by atoms with van der Waals surface area (Å²) in [6.45, 7) is 3.45. The van der Waals surface area contributed by atoms with Gasteiger partial charge in [-0.05, 0) is 25.7 Å². The smallest absolute Gasteiger partial charge is 0.326 e. The summed E-state index contributed by atoms with van der Waals surface area (Å²) in [5.74, 6) is -7.35. The van der Waals surface area contributed by atoms with Crippen LogP contribution in [-0.2, 0) is 47.8 Å². The van der Waals surface area contributed by atoms with Crippen LogP contribution < -0.4 is 21.7 Å². The van der Waals surface area contributed by atoms with Crippen LogP contribution in [-0.4, -0.2) is 112 Å². The molecular formula is C40H70N4O13S. The van der Waals surface area contributed by atoms with E-state index >= 15 is 0 Å². The number of carbonyl (C=O) groups excluding carboxylic acids is 5. The lowest BCUT2D eigenvalue weighted by Gasteiger charge is -2.21. The number of hydrogen-bond acceptors (Lipinski definition) is 12. The van der Waals surface area contributed by atoms with E-state index in [-0.39, 0.29) is 31.0 Å². The van der Waals surface area contributed by atoms with Gasteiger partial charge < -0.3 is 46.5 Å². The van der Waals surface area contributed by atoms with Crippen molar-refractivity contribution in [2.24, 2.45) is 5.73 Å². The minimum atomic E-state index is -1.60. The Hall–Kier alpha value is -3.93. The van der Waals surface area contributed by atoms with Crippen LogP contribution in [0, 0.1) is 0 Å². The maximum absolute atomic E-state index is 12.7. The van der Waals surface area contributed by atoms with E-state index in [1.54, 1.807) is 0 Å². The van der Waals surface area contributed by atoms with Gasteiger partial charge in [0, 0.05) is 37.2 Å². The maximum Gasteiger partial charge on any atom is 0.326 e. The third kappa shape index (κ3) is 31.1. The molecule has 0 aromatic rings. The first-order valence-corrected chi connectivity index (χ1v) is 22.1. The molecular weight excluding hydrogens is 777 g/mol. The van der Waals surface area contributed by atoms with E-state index < -0.39 is 104 Å². The van der Waals surface area contributed by atoms with E-state index in [1.165, 1.54) is 69.5 Å². The second kappa shape index (κ2) is 35.1. The Morgan fingerprint density at radius 3 is 1.60 bits per heavy atom. The van der Waals surface area contributed by atoms with Crippen molar-refractivity contribution in [2.75, 3.05) is 24.7 Å². The summed E-state index contributed by atoms with van der Waals surface area (Å²) in [6.07, 6.45) is 15.6. The highest BCUT2D eigenvalue weighted by Crippen LogP contribution is 2.15. The van der Waals surface area contributed by atoms with Crippen LogP contribution in [0.1, 0.15) is 155 Å². The number of aliphatic carboxylic acids is 3. The van der Waals surface area contributed by atoms with Gasteiger partial charge in [0.15, 0.2) is 0 Å². The van der Waals surface area contributed by atoms with Crippen LogP contribution in [0.3, 0.4) is 0 Å². The number of nitrogens with two attached hydrogens (primary N) is 1. The number of unbranched alkanes of at least 4 members (excludes halogenated alkanes) is 14. The van der Waals surface area contributed by atoms with Gasteiger partial charge in [0.2, 0.25) is 17.7 Å². The molecule has 17 nitrogen and oxygen atoms in total. The number of thioether (sulfide) groups is 1. The first-order valence-electron chi connectivity index (χ1n) is 20.9. The number of amides is 3. The average Bonchev–Trinajstić information content (AvgIpc) is 3.17. The molecule has 0 bridgehead atoms. The van der Waals surface area contributed by atoms with E-state index in [0.29, 0.717) is 12.8 Å². The predicted octanol–water partition coefficient (Wildman–Crippen LogP) is 4.46. The van der Waals surface area contributed by atoms with Gasteiger partial charge in [-0.2, -0.15) is 11.8 Å². The third-order valence-electron chi connectivity index (χ3n) is 9.12. The Bertz CT molecular complexity index is 1240. The van der Waals surface area contributed by atoms with E-state index in [9.17, 15) is 43.5 Å². The summed E-state index contributed by atoms with van der Waals surface area (Å²) < 4.78 is 11.0. The summed E-state index contributed by atoms with van der Waals surface area (Å²) in [4.78, 5) is 96.4. The van der Waals surface area contributed by atoms with Gasteiger partial charge in [-0.3, -0.25) is 33.6 Å². The standard InChI is InChI=1S/C40H70N4O13S/c1-3-5-7-8-9-10-11-12-13-14-15-16-18-20-37(51)57-29(26-56-36(50)19-17-6-4-2)27-58-28-30(41)38(52)42-25-33(45)43-31(21-23-34(46)47)39(53)44-32(40(54)55)22-24-35(48)49/h29-32H,3-28,41H2,1-2H3,(H,42,52)(H,43,45)(H,44,53)(H,46,47)(H,48,49)(H,54,55)/t29-,30+,31+,32+/m1/s1. The van der Waals surface area contributed by atoms with Crippen molar-refractivity contribution in [3.8, 4) is 0 Å². The van der Waals surface area contributed by atoms with Crippen molar-refractivity contribution in [3.05, 3.63) is 0 Å². The zero-order chi connectivity index (χ0) is 43.6. The van der Waals surface area contributed by atoms with Crippen LogP contribution in [0.2, 0.25) is 0 Å². The monoisotopic (exact) mass is 846 g/mol. The minimum absolute atomic E-state index is 0.0430. The molecule has 0 radical (unpaired) electrons. The SMILES string of the molecule is CCCCCCCCCCCCCCCC(=O)O[C@H](COC(=O)CCCCC)CSC[C@H](N)C(=O)NCC(=O)N[C@@H](CCC(=O)O)C(=O)N[C@@H](CCC(=O)O)C(=O)O. The number of nitrogens with one attached hydrogen (secondary N) is 3. The van der Waals surface area contributed by atoms with E-state index in [1.807, 2.05) is 6.92 Å². The lowest BCUT2D eigenvalue weighted by molar-refractivity contribution is -0.157. The first-order chi connectivity index (χ1) is 27.7. The molecule has 18 heteroatoms. The molecule has 0 aromatic carbocycles. The number of carboxylic acids is 3. The maximum atomic E-state index is 12.7. The second-order valence-electron chi connectivity index (χ2n) is 14.5. The fourth-order valence-corrected chi connectivity index (χ4v) is 6.67. The van der Waals surface area contributed by atoms with Crippen molar-refractivity contribution in [1.82, 2.24) is 16.0 Å². The zero-order valence-electron chi connectivity index (χ0n) is 34.6. The molecule has 8 N–H and O–H groups in total. The molecule has 0 aromatic heterocycles. The topological polar surface area (TPSA) is 278 Å². The number of carbonyl (C=O) groups is 8. The fourth-order valence-electron chi connectivity index (χ4n) is 5.71. The molecule has 0 saturated carbocycles. The van der Waals surface area contributed by atoms with Gasteiger partial charge in [-0.25, -0.2) is 4.79 Å². The Morgan fingerprint density at radius 1 is 0.586 bits per heavy atom. The van der Waals surface area contributed by atoms with Gasteiger partial charge in [-0.15, -0.1) is 0 Å². The minimum Gasteiger partial charge on any atom is -0.481 e. The number of ether oxygens (including phenoxy) is 2. The molecule has 334 valence electrons. The van der Waals surface area contributed by atoms with Gasteiger partial charge in [0.1, 0.15) is 24.8 Å². The van der Waals surface area contributed by atoms with Crippen molar-refractivity contribution < 1.29 is 63.1 Å². The van der Waals surface area contributed by atoms with Crippen molar-refractivity contribution >= 4 is 59.3 Å². The van der Waals surface area contributed by atoms with Gasteiger partial charge in [0.25, 0.3) is 0 Å². The highest BCUT2D eigenvalue weighted by Gasteiger charge is 2.28. The largest absolute Gasteiger partial charge is 0.481 e. The normalized spacial score (nSPS) is 13.0. The molecule has 4 atom stereocenters. The van der Waals surface area contributed by atoms with E-state index in [0.717, 1.165) is 32.1 Å². The predicted molar refractivity (Wildman–Crippen MR) is 219 cm³/mol. The summed E-state index contributed by atoms with van der Waals surface area (Å²) in [6, 6.07) is -4.22. The van der Waals surface area contributed by atoms with Crippen LogP contribution in [0.15, 0.2) is 0 Å². The highest BCUT2D eigenvalue weighted by molar-refractivity contribution is 7.99. The Morgan fingerprint density at radius 2 is 1.07 bits per heavy atom. The molecule has 0 aliphatic carbocycles. The second-order valence-corrected chi connectivity index (χ2v) is 15.6. The summed E-state index contributed by atoms with van der Waals surface area (Å²) >= 11 is 1.18. The van der Waals surface area contributed by atoms with Crippen molar-refractivity contribution in [2.45, 2.75) is 179 Å². The zero-order valence-corrected chi connectivity index (χ0v) is 35.4. The number of rotatable bonds is 38. The fraction of sp³-hybridized carbons (Fsp3) is 0.800. The summed E-state index contributed by atoms with van der Waals surface area (Å²) in [5, 5.41) is 33.9.